The van der Waals surface area contributed by atoms with Crippen LogP contribution in [-0.2, 0) is 4.74 Å². The van der Waals surface area contributed by atoms with E-state index in [4.69, 9.17) is 15.7 Å². The summed E-state index contributed by atoms with van der Waals surface area (Å²) in [5.41, 5.74) is 5.56. The second-order valence-electron chi connectivity index (χ2n) is 6.53. The van der Waals surface area contributed by atoms with Crippen molar-refractivity contribution < 1.29 is 9.94 Å². The molecule has 0 bridgehead atoms. The van der Waals surface area contributed by atoms with Crippen molar-refractivity contribution in [2.75, 3.05) is 19.6 Å². The number of hydrogen-bond acceptors (Lipinski definition) is 4. The molecule has 3 N–H and O–H groups in total. The molecule has 1 unspecified atom stereocenters. The summed E-state index contributed by atoms with van der Waals surface area (Å²) >= 11 is 0. The summed E-state index contributed by atoms with van der Waals surface area (Å²) < 4.78 is 6.04. The molecule has 0 aromatic rings. The van der Waals surface area contributed by atoms with E-state index in [1.165, 1.54) is 0 Å². The van der Waals surface area contributed by atoms with Crippen LogP contribution in [0.2, 0.25) is 0 Å². The molecule has 5 nitrogen and oxygen atoms in total. The van der Waals surface area contributed by atoms with Crippen LogP contribution in [0, 0.1) is 5.92 Å². The quantitative estimate of drug-likeness (QED) is 0.322. The summed E-state index contributed by atoms with van der Waals surface area (Å²) in [6, 6.07) is 0. The molecule has 1 rings (SSSR count). The second-order valence-corrected chi connectivity index (χ2v) is 6.53. The third kappa shape index (κ3) is 6.25. The number of rotatable bonds is 7. The topological polar surface area (TPSA) is 71.1 Å². The lowest BCUT2D eigenvalue weighted by Crippen LogP contribution is -2.38. The number of amidine groups is 1. The molecule has 0 amide bonds. The van der Waals surface area contributed by atoms with Gasteiger partial charge in [-0.05, 0) is 32.6 Å². The predicted octanol–water partition coefficient (Wildman–Crippen LogP) is 2.04. The average Bonchev–Trinajstić information content (AvgIpc) is 2.64. The van der Waals surface area contributed by atoms with Crippen LogP contribution in [0.1, 0.15) is 47.0 Å². The van der Waals surface area contributed by atoms with Crippen LogP contribution < -0.4 is 5.73 Å². The fraction of sp³-hybridized carbons (Fsp3) is 0.929. The standard InChI is InChI=1S/C14H29N3O2/c1-11(2)9-17(8-6-13(15)16-18)10-12-5-7-14(3,4)19-12/h11-12,18H,5-10H2,1-4H3,(H2,15,16). The minimum absolute atomic E-state index is 0.0136. The van der Waals surface area contributed by atoms with Crippen LogP contribution in [-0.4, -0.2) is 47.3 Å². The van der Waals surface area contributed by atoms with Crippen molar-refractivity contribution in [2.45, 2.75) is 58.7 Å². The number of oxime groups is 1. The molecule has 0 radical (unpaired) electrons. The summed E-state index contributed by atoms with van der Waals surface area (Å²) in [6.45, 7) is 11.5. The maximum atomic E-state index is 8.60. The van der Waals surface area contributed by atoms with Gasteiger partial charge in [0.2, 0.25) is 0 Å². The lowest BCUT2D eigenvalue weighted by molar-refractivity contribution is -0.0294. The van der Waals surface area contributed by atoms with Crippen molar-refractivity contribution >= 4 is 5.84 Å². The van der Waals surface area contributed by atoms with E-state index in [0.29, 0.717) is 24.3 Å². The van der Waals surface area contributed by atoms with Crippen LogP contribution in [0.3, 0.4) is 0 Å². The summed E-state index contributed by atoms with van der Waals surface area (Å²) in [5, 5.41) is 11.6. The van der Waals surface area contributed by atoms with E-state index in [9.17, 15) is 0 Å². The smallest absolute Gasteiger partial charge is 0.140 e. The van der Waals surface area contributed by atoms with Crippen LogP contribution in [0.25, 0.3) is 0 Å². The first-order chi connectivity index (χ1) is 8.82. The highest BCUT2D eigenvalue weighted by Crippen LogP contribution is 2.29. The molecule has 0 saturated carbocycles. The maximum Gasteiger partial charge on any atom is 0.140 e. The zero-order valence-corrected chi connectivity index (χ0v) is 12.7. The Labute approximate surface area is 116 Å². The average molecular weight is 271 g/mol. The molecule has 1 aliphatic rings. The first kappa shape index (κ1) is 16.2. The lowest BCUT2D eigenvalue weighted by Gasteiger charge is -2.28. The van der Waals surface area contributed by atoms with Gasteiger partial charge in [-0.15, -0.1) is 0 Å². The van der Waals surface area contributed by atoms with E-state index >= 15 is 0 Å². The largest absolute Gasteiger partial charge is 0.409 e. The van der Waals surface area contributed by atoms with Gasteiger partial charge in [0.25, 0.3) is 0 Å². The third-order valence-electron chi connectivity index (χ3n) is 3.45. The Hall–Kier alpha value is -0.810. The first-order valence-corrected chi connectivity index (χ1v) is 7.19. The van der Waals surface area contributed by atoms with Gasteiger partial charge in [-0.1, -0.05) is 19.0 Å². The summed E-state index contributed by atoms with van der Waals surface area (Å²) in [5.74, 6) is 0.892. The molecule has 0 aromatic carbocycles. The molecule has 19 heavy (non-hydrogen) atoms. The van der Waals surface area contributed by atoms with Crippen LogP contribution in [0.5, 0.6) is 0 Å². The second kappa shape index (κ2) is 7.10. The van der Waals surface area contributed by atoms with Crippen molar-refractivity contribution in [3.8, 4) is 0 Å². The molecule has 1 fully saturated rings. The van der Waals surface area contributed by atoms with Gasteiger partial charge in [0, 0.05) is 26.1 Å². The normalized spacial score (nSPS) is 23.5. The van der Waals surface area contributed by atoms with E-state index in [1.807, 2.05) is 0 Å². The van der Waals surface area contributed by atoms with Crippen LogP contribution in [0.4, 0.5) is 0 Å². The van der Waals surface area contributed by atoms with E-state index < -0.39 is 0 Å². The Balaban J connectivity index is 2.45. The Kier molecular flexibility index (Phi) is 6.07. The van der Waals surface area contributed by atoms with Crippen LogP contribution in [0.15, 0.2) is 5.16 Å². The maximum absolute atomic E-state index is 8.60. The Morgan fingerprint density at radius 2 is 2.21 bits per heavy atom. The predicted molar refractivity (Wildman–Crippen MR) is 77.5 cm³/mol. The van der Waals surface area contributed by atoms with Gasteiger partial charge < -0.3 is 20.6 Å². The zero-order valence-electron chi connectivity index (χ0n) is 12.7. The molecule has 1 heterocycles. The van der Waals surface area contributed by atoms with Gasteiger partial charge >= 0.3 is 0 Å². The van der Waals surface area contributed by atoms with Gasteiger partial charge in [0.05, 0.1) is 11.7 Å². The SMILES string of the molecule is CC(C)CN(CCC(N)=NO)CC1CCC(C)(C)O1. The van der Waals surface area contributed by atoms with Gasteiger partial charge in [-0.2, -0.15) is 0 Å². The highest BCUT2D eigenvalue weighted by molar-refractivity contribution is 5.79. The number of hydrogen-bond donors (Lipinski definition) is 2. The highest BCUT2D eigenvalue weighted by atomic mass is 16.5. The third-order valence-corrected chi connectivity index (χ3v) is 3.45. The number of nitrogens with zero attached hydrogens (tertiary/aromatic N) is 2. The Bertz CT molecular complexity index is 303. The molecule has 5 heteroatoms. The number of ether oxygens (including phenoxy) is 1. The van der Waals surface area contributed by atoms with Crippen molar-refractivity contribution in [1.29, 1.82) is 0 Å². The molecule has 1 saturated heterocycles. The fourth-order valence-corrected chi connectivity index (χ4v) is 2.59. The molecule has 0 aliphatic carbocycles. The summed E-state index contributed by atoms with van der Waals surface area (Å²) in [4.78, 5) is 2.36. The highest BCUT2D eigenvalue weighted by Gasteiger charge is 2.32. The summed E-state index contributed by atoms with van der Waals surface area (Å²) in [6.07, 6.45) is 3.14. The van der Waals surface area contributed by atoms with Gasteiger partial charge in [-0.3, -0.25) is 0 Å². The molecule has 1 atom stereocenters. The van der Waals surface area contributed by atoms with Gasteiger partial charge in [-0.25, -0.2) is 0 Å². The van der Waals surface area contributed by atoms with E-state index in [-0.39, 0.29) is 5.60 Å². The van der Waals surface area contributed by atoms with E-state index in [1.54, 1.807) is 0 Å². The first-order valence-electron chi connectivity index (χ1n) is 7.19. The molecule has 0 spiro atoms. The monoisotopic (exact) mass is 271 g/mol. The Morgan fingerprint density at radius 1 is 1.53 bits per heavy atom. The molecule has 0 aromatic heterocycles. The molecular formula is C14H29N3O2. The van der Waals surface area contributed by atoms with Crippen molar-refractivity contribution in [3.05, 3.63) is 0 Å². The molecule has 1 aliphatic heterocycles. The Morgan fingerprint density at radius 3 is 2.68 bits per heavy atom. The van der Waals surface area contributed by atoms with E-state index in [2.05, 4.69) is 37.8 Å². The lowest BCUT2D eigenvalue weighted by atomic mass is 10.1. The molecule has 112 valence electrons. The zero-order chi connectivity index (χ0) is 14.5. The molecular weight excluding hydrogens is 242 g/mol. The number of nitrogens with two attached hydrogens (primary N) is 1. The van der Waals surface area contributed by atoms with Crippen molar-refractivity contribution in [1.82, 2.24) is 4.90 Å². The van der Waals surface area contributed by atoms with Crippen molar-refractivity contribution in [2.24, 2.45) is 16.8 Å². The van der Waals surface area contributed by atoms with Crippen LogP contribution >= 0.6 is 0 Å². The van der Waals surface area contributed by atoms with E-state index in [0.717, 1.165) is 32.5 Å². The minimum Gasteiger partial charge on any atom is -0.409 e. The van der Waals surface area contributed by atoms with Crippen molar-refractivity contribution in [3.63, 3.8) is 0 Å². The fourth-order valence-electron chi connectivity index (χ4n) is 2.59. The summed E-state index contributed by atoms with van der Waals surface area (Å²) in [7, 11) is 0. The van der Waals surface area contributed by atoms with Gasteiger partial charge in [0.1, 0.15) is 5.84 Å². The van der Waals surface area contributed by atoms with Gasteiger partial charge in [0.15, 0.2) is 0 Å². The minimum atomic E-state index is 0.0136.